The molecule has 3 heterocycles. The minimum absolute atomic E-state index is 0.113. The van der Waals surface area contributed by atoms with Gasteiger partial charge in [0.05, 0.1) is 5.69 Å². The summed E-state index contributed by atoms with van der Waals surface area (Å²) in [6.07, 6.45) is 0. The molecule has 0 atom stereocenters. The van der Waals surface area contributed by atoms with E-state index >= 15 is 0 Å². The maximum Gasteiger partial charge on any atom is 0.247 e. The van der Waals surface area contributed by atoms with E-state index in [9.17, 15) is 4.79 Å². The van der Waals surface area contributed by atoms with E-state index in [2.05, 4.69) is 56.6 Å². The number of nitrogens with zero attached hydrogens (tertiary/aromatic N) is 6. The van der Waals surface area contributed by atoms with E-state index in [0.29, 0.717) is 24.9 Å². The van der Waals surface area contributed by atoms with Crippen LogP contribution in [0.25, 0.3) is 22.6 Å². The molecule has 4 aromatic rings. The summed E-state index contributed by atoms with van der Waals surface area (Å²) in [6.45, 7) is 8.95. The molecule has 34 heavy (non-hydrogen) atoms. The van der Waals surface area contributed by atoms with Crippen molar-refractivity contribution in [2.75, 3.05) is 31.1 Å². The number of carbonyl (C=O) groups excluding carboxylic acids is 1. The molecule has 0 N–H and O–H groups in total. The van der Waals surface area contributed by atoms with Crippen molar-refractivity contribution in [3.8, 4) is 22.6 Å². The van der Waals surface area contributed by atoms with E-state index in [1.54, 1.807) is 11.6 Å². The van der Waals surface area contributed by atoms with Gasteiger partial charge in [0.1, 0.15) is 6.54 Å². The van der Waals surface area contributed by atoms with Crippen molar-refractivity contribution < 1.29 is 9.21 Å². The van der Waals surface area contributed by atoms with Crippen LogP contribution in [0, 0.1) is 20.8 Å². The molecule has 0 spiro atoms. The van der Waals surface area contributed by atoms with E-state index in [-0.39, 0.29) is 12.5 Å². The first-order valence-electron chi connectivity index (χ1n) is 11.5. The van der Waals surface area contributed by atoms with Gasteiger partial charge in [-0.25, -0.2) is 0 Å². The molecule has 1 amide bonds. The lowest BCUT2D eigenvalue weighted by atomic mass is 10.00. The molecule has 5 rings (SSSR count). The maximum atomic E-state index is 12.9. The van der Waals surface area contributed by atoms with Gasteiger partial charge in [-0.15, -0.1) is 10.2 Å². The van der Waals surface area contributed by atoms with Crippen LogP contribution in [0.4, 0.5) is 5.69 Å². The Bertz CT molecular complexity index is 1320. The third-order valence-corrected chi connectivity index (χ3v) is 6.21. The quantitative estimate of drug-likeness (QED) is 0.454. The van der Waals surface area contributed by atoms with Gasteiger partial charge in [0, 0.05) is 55.6 Å². The first-order chi connectivity index (χ1) is 16.5. The molecule has 0 unspecified atom stereocenters. The van der Waals surface area contributed by atoms with Gasteiger partial charge in [0.25, 0.3) is 0 Å². The molecule has 8 heteroatoms. The number of amides is 1. The topological polar surface area (TPSA) is 80.3 Å². The molecule has 0 aliphatic carbocycles. The van der Waals surface area contributed by atoms with Gasteiger partial charge in [-0.3, -0.25) is 9.48 Å². The fourth-order valence-corrected chi connectivity index (χ4v) is 4.49. The Kier molecular flexibility index (Phi) is 5.88. The molecule has 0 bridgehead atoms. The third-order valence-electron chi connectivity index (χ3n) is 6.21. The zero-order chi connectivity index (χ0) is 23.7. The van der Waals surface area contributed by atoms with Crippen LogP contribution in [0.2, 0.25) is 0 Å². The number of hydrogen-bond donors (Lipinski definition) is 0. The first-order valence-corrected chi connectivity index (χ1v) is 11.5. The summed E-state index contributed by atoms with van der Waals surface area (Å²) in [7, 11) is 0. The van der Waals surface area contributed by atoms with E-state index in [4.69, 9.17) is 4.42 Å². The average molecular weight is 457 g/mol. The van der Waals surface area contributed by atoms with Crippen LogP contribution in [0.5, 0.6) is 0 Å². The molecule has 0 saturated carbocycles. The normalized spacial score (nSPS) is 14.0. The number of para-hydroxylation sites is 1. The Morgan fingerprint density at radius 1 is 0.912 bits per heavy atom. The summed E-state index contributed by atoms with van der Waals surface area (Å²) in [5, 5.41) is 12.5. The van der Waals surface area contributed by atoms with Gasteiger partial charge in [0.2, 0.25) is 17.7 Å². The lowest BCUT2D eigenvalue weighted by Crippen LogP contribution is -2.49. The summed E-state index contributed by atoms with van der Waals surface area (Å²) in [6, 6.07) is 18.6. The largest absolute Gasteiger partial charge is 0.421 e. The zero-order valence-corrected chi connectivity index (χ0v) is 19.7. The van der Waals surface area contributed by atoms with E-state index < -0.39 is 0 Å². The highest BCUT2D eigenvalue weighted by Crippen LogP contribution is 2.33. The minimum atomic E-state index is 0.113. The van der Waals surface area contributed by atoms with Crippen molar-refractivity contribution in [3.05, 3.63) is 71.9 Å². The number of rotatable bonds is 5. The third kappa shape index (κ3) is 4.44. The number of hydrogen-bond acceptors (Lipinski definition) is 6. The summed E-state index contributed by atoms with van der Waals surface area (Å²) in [5.74, 6) is 1.18. The van der Waals surface area contributed by atoms with Crippen LogP contribution in [0.15, 0.2) is 59.0 Å². The fourth-order valence-electron chi connectivity index (χ4n) is 4.49. The predicted octanol–water partition coefficient (Wildman–Crippen LogP) is 3.87. The van der Waals surface area contributed by atoms with E-state index in [1.165, 1.54) is 0 Å². The summed E-state index contributed by atoms with van der Waals surface area (Å²) in [4.78, 5) is 17.2. The second-order valence-corrected chi connectivity index (χ2v) is 8.68. The Hall–Kier alpha value is -3.94. The number of piperazine rings is 1. The lowest BCUT2D eigenvalue weighted by Gasteiger charge is -2.37. The molecular weight excluding hydrogens is 428 g/mol. The number of aryl methyl sites for hydroxylation is 3. The van der Waals surface area contributed by atoms with Gasteiger partial charge in [-0.1, -0.05) is 30.3 Å². The minimum Gasteiger partial charge on any atom is -0.421 e. The maximum absolute atomic E-state index is 12.9. The Morgan fingerprint density at radius 3 is 2.38 bits per heavy atom. The molecule has 2 aromatic carbocycles. The van der Waals surface area contributed by atoms with E-state index in [1.807, 2.05) is 36.9 Å². The van der Waals surface area contributed by atoms with Crippen molar-refractivity contribution in [1.29, 1.82) is 0 Å². The molecule has 1 fully saturated rings. The zero-order valence-electron chi connectivity index (χ0n) is 19.7. The summed E-state index contributed by atoms with van der Waals surface area (Å²) in [5.41, 5.74) is 6.23. The van der Waals surface area contributed by atoms with Crippen molar-refractivity contribution in [1.82, 2.24) is 24.9 Å². The van der Waals surface area contributed by atoms with Crippen molar-refractivity contribution >= 4 is 11.6 Å². The van der Waals surface area contributed by atoms with Gasteiger partial charge in [-0.05, 0) is 43.7 Å². The SMILES string of the molecule is Cc1cc(C)n(CC(=O)N2CCN(c3ccccc3-c3cccc(-c4nnc(C)o4)c3)CC2)n1. The second-order valence-electron chi connectivity index (χ2n) is 8.68. The molecule has 1 aliphatic rings. The monoisotopic (exact) mass is 456 g/mol. The molecule has 1 saturated heterocycles. The number of benzene rings is 2. The van der Waals surface area contributed by atoms with Crippen molar-refractivity contribution in [3.63, 3.8) is 0 Å². The standard InChI is InChI=1S/C26H28N6O2/c1-18-15-19(2)32(29-18)17-25(33)31-13-11-30(12-14-31)24-10-5-4-9-23(24)21-7-6-8-22(16-21)26-28-27-20(3)34-26/h4-10,15-16H,11-14,17H2,1-3H3. The number of anilines is 1. The molecule has 174 valence electrons. The average Bonchev–Trinajstić information content (AvgIpc) is 3.43. The van der Waals surface area contributed by atoms with Crippen LogP contribution in [0.3, 0.4) is 0 Å². The van der Waals surface area contributed by atoms with Gasteiger partial charge < -0.3 is 14.2 Å². The van der Waals surface area contributed by atoms with Crippen LogP contribution in [-0.2, 0) is 11.3 Å². The molecule has 2 aromatic heterocycles. The van der Waals surface area contributed by atoms with Gasteiger partial charge in [0.15, 0.2) is 0 Å². The lowest BCUT2D eigenvalue weighted by molar-refractivity contribution is -0.132. The van der Waals surface area contributed by atoms with Gasteiger partial charge in [-0.2, -0.15) is 5.10 Å². The van der Waals surface area contributed by atoms with E-state index in [0.717, 1.165) is 46.9 Å². The Balaban J connectivity index is 1.31. The number of carbonyl (C=O) groups is 1. The summed E-state index contributed by atoms with van der Waals surface area (Å²) < 4.78 is 7.41. The highest BCUT2D eigenvalue weighted by atomic mass is 16.4. The van der Waals surface area contributed by atoms with Crippen LogP contribution in [0.1, 0.15) is 17.3 Å². The van der Waals surface area contributed by atoms with Gasteiger partial charge >= 0.3 is 0 Å². The molecule has 0 radical (unpaired) electrons. The fraction of sp³-hybridized carbons (Fsp3) is 0.308. The smallest absolute Gasteiger partial charge is 0.247 e. The summed E-state index contributed by atoms with van der Waals surface area (Å²) >= 11 is 0. The number of aromatic nitrogens is 4. The Labute approximate surface area is 198 Å². The molecule has 1 aliphatic heterocycles. The van der Waals surface area contributed by atoms with Crippen molar-refractivity contribution in [2.24, 2.45) is 0 Å². The van der Waals surface area contributed by atoms with Crippen LogP contribution in [-0.4, -0.2) is 57.0 Å². The molecule has 8 nitrogen and oxygen atoms in total. The van der Waals surface area contributed by atoms with Crippen LogP contribution >= 0.6 is 0 Å². The second kappa shape index (κ2) is 9.13. The highest BCUT2D eigenvalue weighted by Gasteiger charge is 2.23. The Morgan fingerprint density at radius 2 is 1.68 bits per heavy atom. The van der Waals surface area contributed by atoms with Crippen molar-refractivity contribution in [2.45, 2.75) is 27.3 Å². The molecular formula is C26H28N6O2. The highest BCUT2D eigenvalue weighted by molar-refractivity contribution is 5.81. The predicted molar refractivity (Wildman–Crippen MR) is 130 cm³/mol. The van der Waals surface area contributed by atoms with Crippen LogP contribution < -0.4 is 4.90 Å². The first kappa shape index (κ1) is 21.9.